The summed E-state index contributed by atoms with van der Waals surface area (Å²) in [6.07, 6.45) is 4.22. The molecule has 0 bridgehead atoms. The summed E-state index contributed by atoms with van der Waals surface area (Å²) >= 11 is 0. The Morgan fingerprint density at radius 2 is 1.41 bits per heavy atom. The Morgan fingerprint density at radius 3 is 2.02 bits per heavy atom. The number of fused-ring (bicyclic) bond motifs is 7. The van der Waals surface area contributed by atoms with Crippen molar-refractivity contribution in [1.82, 2.24) is 4.98 Å². The minimum atomic E-state index is -0.0728. The van der Waals surface area contributed by atoms with Crippen molar-refractivity contribution in [3.05, 3.63) is 88.6 Å². The lowest BCUT2D eigenvalue weighted by molar-refractivity contribution is 0.332. The second kappa shape index (κ2) is 10.3. The van der Waals surface area contributed by atoms with Gasteiger partial charge in [0.05, 0.1) is 0 Å². The first kappa shape index (κ1) is 32.2. The van der Waals surface area contributed by atoms with Crippen LogP contribution in [-0.4, -0.2) is 11.7 Å². The number of furan rings is 1. The summed E-state index contributed by atoms with van der Waals surface area (Å²) < 4.78 is 13.3. The second-order valence-corrected chi connectivity index (χ2v) is 18.6. The Bertz CT molecular complexity index is 2140. The van der Waals surface area contributed by atoms with E-state index in [2.05, 4.69) is 137 Å². The largest absolute Gasteiger partial charge is 0.427 e. The number of aromatic nitrogens is 1. The second-order valence-electron chi connectivity index (χ2n) is 18.6. The van der Waals surface area contributed by atoms with Crippen LogP contribution in [0, 0.1) is 0 Å². The first-order valence-electron chi connectivity index (χ1n) is 18.2. The predicted octanol–water partition coefficient (Wildman–Crippen LogP) is 10.3. The maximum Gasteiger partial charge on any atom is 0.285 e. The molecule has 2 aromatic heterocycles. The lowest BCUT2D eigenvalue weighted by atomic mass is 9.34. The molecule has 2 aliphatic heterocycles. The number of ether oxygens (including phenoxy) is 1. The molecule has 3 aliphatic rings. The molecule has 0 saturated heterocycles. The van der Waals surface area contributed by atoms with Crippen molar-refractivity contribution < 1.29 is 9.15 Å². The summed E-state index contributed by atoms with van der Waals surface area (Å²) in [6.45, 7) is 28.0. The van der Waals surface area contributed by atoms with E-state index in [4.69, 9.17) is 14.1 Å². The van der Waals surface area contributed by atoms with Crippen LogP contribution >= 0.6 is 0 Å². The maximum absolute atomic E-state index is 6.72. The van der Waals surface area contributed by atoms with E-state index in [1.165, 1.54) is 39.0 Å². The van der Waals surface area contributed by atoms with Gasteiger partial charge in [0.1, 0.15) is 17.2 Å². The van der Waals surface area contributed by atoms with Crippen LogP contribution in [0.25, 0.3) is 11.0 Å². The highest BCUT2D eigenvalue weighted by Crippen LogP contribution is 2.50. The Hall–Kier alpha value is -3.99. The number of anilines is 3. The minimum absolute atomic E-state index is 0.0234. The zero-order valence-electron chi connectivity index (χ0n) is 31.6. The SMILES string of the molecule is CC(C)c1ccc2oc3c(c2c1)B1c2cc4c(cc2N(c2cc(C(C)(C)C)cc(C(C)(C)C)c2)c2nccc(c21)O3)C(C)(C)CCC4(C)C. The maximum atomic E-state index is 6.72. The Labute approximate surface area is 293 Å². The molecule has 4 heterocycles. The zero-order valence-corrected chi connectivity index (χ0v) is 31.6. The van der Waals surface area contributed by atoms with Crippen LogP contribution in [0.2, 0.25) is 0 Å². The normalized spacial score (nSPS) is 17.4. The highest BCUT2D eigenvalue weighted by atomic mass is 16.6. The molecule has 5 aromatic rings. The van der Waals surface area contributed by atoms with Crippen LogP contribution in [0.3, 0.4) is 0 Å². The minimum Gasteiger partial charge on any atom is -0.427 e. The van der Waals surface area contributed by atoms with E-state index < -0.39 is 0 Å². The van der Waals surface area contributed by atoms with E-state index in [9.17, 15) is 0 Å². The molecule has 0 fully saturated rings. The van der Waals surface area contributed by atoms with Crippen molar-refractivity contribution in [2.24, 2.45) is 0 Å². The fraction of sp³-hybridized carbons (Fsp3) is 0.432. The Balaban J connectivity index is 1.49. The van der Waals surface area contributed by atoms with Crippen molar-refractivity contribution in [3.8, 4) is 11.7 Å². The molecule has 0 saturated carbocycles. The number of rotatable bonds is 2. The summed E-state index contributed by atoms with van der Waals surface area (Å²) in [5.41, 5.74) is 13.7. The first-order valence-corrected chi connectivity index (χ1v) is 18.2. The Kier molecular flexibility index (Phi) is 6.76. The third-order valence-corrected chi connectivity index (χ3v) is 11.8. The van der Waals surface area contributed by atoms with Gasteiger partial charge in [0, 0.05) is 33.9 Å². The fourth-order valence-electron chi connectivity index (χ4n) is 8.38. The molecule has 8 rings (SSSR count). The Morgan fingerprint density at radius 1 is 0.776 bits per heavy atom. The van der Waals surface area contributed by atoms with Gasteiger partial charge >= 0.3 is 0 Å². The van der Waals surface area contributed by atoms with E-state index in [1.807, 2.05) is 12.3 Å². The summed E-state index contributed by atoms with van der Waals surface area (Å²) in [4.78, 5) is 7.68. The van der Waals surface area contributed by atoms with Gasteiger partial charge in [-0.25, -0.2) is 4.98 Å². The number of hydrogen-bond acceptors (Lipinski definition) is 4. The van der Waals surface area contributed by atoms with Gasteiger partial charge in [-0.3, -0.25) is 4.90 Å². The van der Waals surface area contributed by atoms with Crippen molar-refractivity contribution >= 4 is 51.3 Å². The number of nitrogens with zero attached hydrogens (tertiary/aromatic N) is 2. The van der Waals surface area contributed by atoms with E-state index >= 15 is 0 Å². The molecular formula is C44H51BN2O2. The van der Waals surface area contributed by atoms with Crippen LogP contribution in [0.15, 0.2) is 65.2 Å². The number of hydrogen-bond donors (Lipinski definition) is 0. The highest BCUT2D eigenvalue weighted by Gasteiger charge is 2.48. The topological polar surface area (TPSA) is 38.5 Å². The molecule has 0 radical (unpaired) electrons. The standard InChI is InChI=1S/C44H51BN2O2/c1-25(2)26-13-14-35-30(19-26)37-40(48-35)49-36-15-18-46-39-38(36)45(37)33-23-31-32(44(11,12)17-16-43(31,9)10)24-34(33)47(39)29-21-27(41(3,4)5)20-28(22-29)42(6,7)8/h13-15,18-25H,16-17H2,1-12H3. The lowest BCUT2D eigenvalue weighted by Gasteiger charge is -2.45. The third-order valence-electron chi connectivity index (χ3n) is 11.8. The summed E-state index contributed by atoms with van der Waals surface area (Å²) in [6, 6.07) is 20.9. The van der Waals surface area contributed by atoms with Gasteiger partial charge in [-0.2, -0.15) is 0 Å². The van der Waals surface area contributed by atoms with Crippen molar-refractivity contribution in [3.63, 3.8) is 0 Å². The average Bonchev–Trinajstić information content (AvgIpc) is 3.39. The van der Waals surface area contributed by atoms with Gasteiger partial charge in [0.25, 0.3) is 12.7 Å². The van der Waals surface area contributed by atoms with Gasteiger partial charge in [-0.15, -0.1) is 0 Å². The van der Waals surface area contributed by atoms with Crippen LogP contribution in [0.5, 0.6) is 11.7 Å². The molecule has 5 heteroatoms. The molecule has 0 spiro atoms. The molecule has 4 nitrogen and oxygen atoms in total. The van der Waals surface area contributed by atoms with Gasteiger partial charge in [0.2, 0.25) is 0 Å². The van der Waals surface area contributed by atoms with Crippen molar-refractivity contribution in [2.75, 3.05) is 4.90 Å². The smallest absolute Gasteiger partial charge is 0.285 e. The molecule has 1 aliphatic carbocycles. The molecule has 252 valence electrons. The molecule has 0 N–H and O–H groups in total. The van der Waals surface area contributed by atoms with E-state index in [-0.39, 0.29) is 28.4 Å². The first-order chi connectivity index (χ1) is 22.8. The van der Waals surface area contributed by atoms with Crippen LogP contribution in [0.1, 0.15) is 130 Å². The van der Waals surface area contributed by atoms with Gasteiger partial charge in [-0.1, -0.05) is 101 Å². The summed E-state index contributed by atoms with van der Waals surface area (Å²) in [5, 5.41) is 1.13. The predicted molar refractivity (Wildman–Crippen MR) is 207 cm³/mol. The van der Waals surface area contributed by atoms with Gasteiger partial charge in [0.15, 0.2) is 0 Å². The monoisotopic (exact) mass is 650 g/mol. The summed E-state index contributed by atoms with van der Waals surface area (Å²) in [5.74, 6) is 2.77. The molecule has 0 atom stereocenters. The highest BCUT2D eigenvalue weighted by molar-refractivity contribution is 7.00. The molecule has 0 amide bonds. The lowest BCUT2D eigenvalue weighted by Crippen LogP contribution is -2.60. The van der Waals surface area contributed by atoms with E-state index in [0.29, 0.717) is 11.9 Å². The van der Waals surface area contributed by atoms with E-state index in [1.54, 1.807) is 0 Å². The number of benzene rings is 3. The van der Waals surface area contributed by atoms with Gasteiger partial charge < -0.3 is 9.15 Å². The third kappa shape index (κ3) is 4.89. The van der Waals surface area contributed by atoms with Crippen LogP contribution < -0.4 is 26.0 Å². The average molecular weight is 651 g/mol. The molecular weight excluding hydrogens is 599 g/mol. The summed E-state index contributed by atoms with van der Waals surface area (Å²) in [7, 11) is 0. The van der Waals surface area contributed by atoms with Crippen LogP contribution in [0.4, 0.5) is 17.2 Å². The molecule has 0 unspecified atom stereocenters. The van der Waals surface area contributed by atoms with Gasteiger partial charge in [-0.05, 0) is 110 Å². The number of pyridine rings is 1. The van der Waals surface area contributed by atoms with E-state index in [0.717, 1.165) is 52.0 Å². The van der Waals surface area contributed by atoms with Crippen LogP contribution in [-0.2, 0) is 21.7 Å². The zero-order chi connectivity index (χ0) is 35.0. The van der Waals surface area contributed by atoms with Crippen molar-refractivity contribution in [2.45, 2.75) is 124 Å². The fourth-order valence-corrected chi connectivity index (χ4v) is 8.38. The molecule has 49 heavy (non-hydrogen) atoms. The molecule has 3 aromatic carbocycles. The quantitative estimate of drug-likeness (QED) is 0.175. The van der Waals surface area contributed by atoms with Crippen molar-refractivity contribution in [1.29, 1.82) is 0 Å².